The summed E-state index contributed by atoms with van der Waals surface area (Å²) >= 11 is 1.42. The maximum atomic E-state index is 14.0. The Balaban J connectivity index is 2.31. The molecule has 0 aromatic heterocycles. The van der Waals surface area contributed by atoms with E-state index >= 15 is 0 Å². The van der Waals surface area contributed by atoms with E-state index in [1.54, 1.807) is 19.1 Å². The van der Waals surface area contributed by atoms with Crippen LogP contribution < -0.4 is 0 Å². The summed E-state index contributed by atoms with van der Waals surface area (Å²) in [7, 11) is 0. The molecule has 0 aliphatic rings. The Hall–Kier alpha value is -1.32. The highest BCUT2D eigenvalue weighted by Gasteiger charge is 2.09. The lowest BCUT2D eigenvalue weighted by atomic mass is 10.1. The van der Waals surface area contributed by atoms with Crippen molar-refractivity contribution in [2.45, 2.75) is 36.7 Å². The van der Waals surface area contributed by atoms with Gasteiger partial charge in [0.25, 0.3) is 0 Å². The van der Waals surface area contributed by atoms with Crippen molar-refractivity contribution in [2.75, 3.05) is 0 Å². The molecule has 1 atom stereocenters. The molecular formula is C16H17FOS. The van der Waals surface area contributed by atoms with E-state index in [9.17, 15) is 9.50 Å². The van der Waals surface area contributed by atoms with Crippen molar-refractivity contribution in [3.05, 3.63) is 58.9 Å². The highest BCUT2D eigenvalue weighted by molar-refractivity contribution is 7.99. The minimum atomic E-state index is -0.644. The summed E-state index contributed by atoms with van der Waals surface area (Å²) in [5.41, 5.74) is 2.89. The van der Waals surface area contributed by atoms with Crippen LogP contribution in [0.15, 0.2) is 46.2 Å². The maximum Gasteiger partial charge on any atom is 0.137 e. The summed E-state index contributed by atoms with van der Waals surface area (Å²) in [5.74, 6) is -0.288. The number of hydrogen-bond donors (Lipinski definition) is 1. The lowest BCUT2D eigenvalue weighted by molar-refractivity contribution is 0.198. The number of aliphatic hydroxyl groups is 1. The lowest BCUT2D eigenvalue weighted by Crippen LogP contribution is -1.93. The molecule has 100 valence electrons. The summed E-state index contributed by atoms with van der Waals surface area (Å²) in [6, 6.07) is 11.0. The van der Waals surface area contributed by atoms with Gasteiger partial charge in [0.2, 0.25) is 0 Å². The van der Waals surface area contributed by atoms with Crippen LogP contribution in [0.1, 0.15) is 29.7 Å². The lowest BCUT2D eigenvalue weighted by Gasteiger charge is -2.10. The fourth-order valence-corrected chi connectivity index (χ4v) is 2.80. The Bertz CT molecular complexity index is 593. The predicted octanol–water partition coefficient (Wildman–Crippen LogP) is 4.65. The molecule has 1 nitrogen and oxygen atoms in total. The van der Waals surface area contributed by atoms with E-state index in [4.69, 9.17) is 0 Å². The zero-order valence-electron chi connectivity index (χ0n) is 11.3. The number of halogens is 1. The van der Waals surface area contributed by atoms with E-state index in [-0.39, 0.29) is 5.82 Å². The summed E-state index contributed by atoms with van der Waals surface area (Å²) < 4.78 is 14.0. The van der Waals surface area contributed by atoms with Gasteiger partial charge in [-0.15, -0.1) is 0 Å². The number of hydrogen-bond acceptors (Lipinski definition) is 2. The average molecular weight is 276 g/mol. The van der Waals surface area contributed by atoms with Crippen molar-refractivity contribution in [3.8, 4) is 0 Å². The molecule has 0 saturated carbocycles. The van der Waals surface area contributed by atoms with Crippen LogP contribution in [0.5, 0.6) is 0 Å². The average Bonchev–Trinajstić information content (AvgIpc) is 2.36. The summed E-state index contributed by atoms with van der Waals surface area (Å²) in [6.07, 6.45) is -0.644. The van der Waals surface area contributed by atoms with Gasteiger partial charge in [0.1, 0.15) is 5.82 Å². The van der Waals surface area contributed by atoms with Crippen molar-refractivity contribution in [1.82, 2.24) is 0 Å². The molecule has 0 heterocycles. The highest BCUT2D eigenvalue weighted by Crippen LogP contribution is 2.33. The molecule has 19 heavy (non-hydrogen) atoms. The van der Waals surface area contributed by atoms with E-state index < -0.39 is 6.10 Å². The largest absolute Gasteiger partial charge is 0.389 e. The first-order chi connectivity index (χ1) is 8.97. The molecule has 0 saturated heterocycles. The van der Waals surface area contributed by atoms with Crippen LogP contribution in [-0.4, -0.2) is 5.11 Å². The molecule has 2 aromatic rings. The second-order valence-corrected chi connectivity index (χ2v) is 5.82. The first kappa shape index (κ1) is 14.1. The van der Waals surface area contributed by atoms with Gasteiger partial charge in [-0.3, -0.25) is 0 Å². The van der Waals surface area contributed by atoms with Gasteiger partial charge in [-0.05, 0) is 55.7 Å². The topological polar surface area (TPSA) is 20.2 Å². The van der Waals surface area contributed by atoms with Crippen molar-refractivity contribution in [1.29, 1.82) is 0 Å². The van der Waals surface area contributed by atoms with Gasteiger partial charge in [-0.25, -0.2) is 4.39 Å². The van der Waals surface area contributed by atoms with Crippen molar-refractivity contribution >= 4 is 11.8 Å². The molecule has 0 aliphatic heterocycles. The Kier molecular flexibility index (Phi) is 4.27. The van der Waals surface area contributed by atoms with Crippen LogP contribution >= 0.6 is 11.8 Å². The molecule has 1 N–H and O–H groups in total. The van der Waals surface area contributed by atoms with Gasteiger partial charge in [-0.1, -0.05) is 30.0 Å². The van der Waals surface area contributed by atoms with Crippen LogP contribution in [0.3, 0.4) is 0 Å². The predicted molar refractivity (Wildman–Crippen MR) is 77.1 cm³/mol. The Morgan fingerprint density at radius 3 is 2.42 bits per heavy atom. The highest BCUT2D eigenvalue weighted by atomic mass is 32.2. The van der Waals surface area contributed by atoms with E-state index in [0.29, 0.717) is 10.5 Å². The molecule has 0 bridgehead atoms. The van der Waals surface area contributed by atoms with Gasteiger partial charge in [-0.2, -0.15) is 0 Å². The van der Waals surface area contributed by atoms with E-state index in [0.717, 1.165) is 16.0 Å². The Labute approximate surface area is 117 Å². The zero-order valence-corrected chi connectivity index (χ0v) is 12.1. The van der Waals surface area contributed by atoms with Crippen molar-refractivity contribution < 1.29 is 9.50 Å². The van der Waals surface area contributed by atoms with Crippen molar-refractivity contribution in [2.24, 2.45) is 0 Å². The summed E-state index contributed by atoms with van der Waals surface area (Å²) in [5, 5.41) is 9.44. The fourth-order valence-electron chi connectivity index (χ4n) is 1.80. The smallest absolute Gasteiger partial charge is 0.137 e. The van der Waals surface area contributed by atoms with Gasteiger partial charge >= 0.3 is 0 Å². The Morgan fingerprint density at radius 1 is 1.05 bits per heavy atom. The third-order valence-electron chi connectivity index (χ3n) is 3.00. The first-order valence-corrected chi connectivity index (χ1v) is 7.01. The molecule has 0 unspecified atom stereocenters. The zero-order chi connectivity index (χ0) is 14.0. The molecule has 0 spiro atoms. The van der Waals surface area contributed by atoms with Gasteiger partial charge in [0, 0.05) is 9.79 Å². The SMILES string of the molecule is Cc1ccc(C)c(Sc2ccc([C@@H](C)O)cc2F)c1. The second kappa shape index (κ2) is 5.76. The molecule has 0 radical (unpaired) electrons. The number of aryl methyl sites for hydroxylation is 2. The minimum Gasteiger partial charge on any atom is -0.389 e. The van der Waals surface area contributed by atoms with Crippen molar-refractivity contribution in [3.63, 3.8) is 0 Å². The number of aliphatic hydroxyl groups excluding tert-OH is 1. The molecular weight excluding hydrogens is 259 g/mol. The first-order valence-electron chi connectivity index (χ1n) is 6.20. The van der Waals surface area contributed by atoms with E-state index in [2.05, 4.69) is 6.07 Å². The molecule has 0 fully saturated rings. The van der Waals surface area contributed by atoms with Gasteiger partial charge in [0.15, 0.2) is 0 Å². The summed E-state index contributed by atoms with van der Waals surface area (Å²) in [6.45, 7) is 5.67. The number of rotatable bonds is 3. The van der Waals surface area contributed by atoms with Crippen LogP contribution in [0.2, 0.25) is 0 Å². The number of benzene rings is 2. The fraction of sp³-hybridized carbons (Fsp3) is 0.250. The molecule has 0 amide bonds. The minimum absolute atomic E-state index is 0.288. The van der Waals surface area contributed by atoms with E-state index in [1.807, 2.05) is 26.0 Å². The quantitative estimate of drug-likeness (QED) is 0.880. The maximum absolute atomic E-state index is 14.0. The molecule has 0 aliphatic carbocycles. The summed E-state index contributed by atoms with van der Waals surface area (Å²) in [4.78, 5) is 1.64. The third kappa shape index (κ3) is 3.37. The van der Waals surface area contributed by atoms with Crippen LogP contribution in [0.4, 0.5) is 4.39 Å². The third-order valence-corrected chi connectivity index (χ3v) is 4.21. The molecule has 3 heteroatoms. The van der Waals surface area contributed by atoms with Crippen LogP contribution in [0.25, 0.3) is 0 Å². The standard InChI is InChI=1S/C16H17FOS/c1-10-4-5-11(2)16(8-10)19-15-7-6-13(12(3)18)9-14(15)17/h4-9,12,18H,1-3H3/t12-/m1/s1. The normalized spacial score (nSPS) is 12.5. The van der Waals surface area contributed by atoms with Crippen LogP contribution in [-0.2, 0) is 0 Å². The van der Waals surface area contributed by atoms with Crippen LogP contribution in [0, 0.1) is 19.7 Å². The Morgan fingerprint density at radius 2 is 1.79 bits per heavy atom. The van der Waals surface area contributed by atoms with E-state index in [1.165, 1.54) is 17.8 Å². The monoisotopic (exact) mass is 276 g/mol. The molecule has 2 aromatic carbocycles. The van der Waals surface area contributed by atoms with Gasteiger partial charge < -0.3 is 5.11 Å². The second-order valence-electron chi connectivity index (χ2n) is 4.74. The molecule has 2 rings (SSSR count). The van der Waals surface area contributed by atoms with Gasteiger partial charge in [0.05, 0.1) is 6.10 Å².